The molecule has 1 aromatic heterocycles. The molecular weight excluding hydrogens is 349 g/mol. The molecule has 1 heterocycles. The first-order valence-electron chi connectivity index (χ1n) is 7.89. The van der Waals surface area contributed by atoms with Crippen molar-refractivity contribution in [3.8, 4) is 0 Å². The van der Waals surface area contributed by atoms with Gasteiger partial charge in [-0.2, -0.15) is 13.2 Å². The van der Waals surface area contributed by atoms with E-state index in [2.05, 4.69) is 4.98 Å². The van der Waals surface area contributed by atoms with Crippen molar-refractivity contribution < 1.29 is 27.5 Å². The molecule has 140 valence electrons. The number of hydrogen-bond donors (Lipinski definition) is 1. The van der Waals surface area contributed by atoms with Gasteiger partial charge in [0.25, 0.3) is 5.91 Å². The van der Waals surface area contributed by atoms with Crippen LogP contribution in [0.15, 0.2) is 24.3 Å². The van der Waals surface area contributed by atoms with Crippen molar-refractivity contribution in [1.29, 1.82) is 0 Å². The van der Waals surface area contributed by atoms with E-state index >= 15 is 0 Å². The fourth-order valence-corrected chi connectivity index (χ4v) is 2.43. The van der Waals surface area contributed by atoms with Crippen LogP contribution < -0.4 is 5.73 Å². The number of aromatic nitrogens is 1. The van der Waals surface area contributed by atoms with Crippen LogP contribution >= 0.6 is 0 Å². The standard InChI is InChI=1S/C18H19F3N2O3/c1-17(2,3)26-15(24)7-4-10-8-14(16(22)25)23-13-6-5-11(9-12(10)13)18(19,20)21/h5-6,8-9H,4,7H2,1-3H3,(H2,22,25). The molecule has 0 aliphatic carbocycles. The Kier molecular flexibility index (Phi) is 5.25. The van der Waals surface area contributed by atoms with E-state index in [4.69, 9.17) is 10.5 Å². The second-order valence-corrected chi connectivity index (χ2v) is 6.85. The summed E-state index contributed by atoms with van der Waals surface area (Å²) in [5.74, 6) is -1.29. The number of carbonyl (C=O) groups is 2. The van der Waals surface area contributed by atoms with Gasteiger partial charge in [-0.3, -0.25) is 9.59 Å². The lowest BCUT2D eigenvalue weighted by molar-refractivity contribution is -0.154. The number of carbonyl (C=O) groups excluding carboxylic acids is 2. The Labute approximate surface area is 148 Å². The topological polar surface area (TPSA) is 82.3 Å². The van der Waals surface area contributed by atoms with Crippen molar-refractivity contribution in [1.82, 2.24) is 4.98 Å². The second-order valence-electron chi connectivity index (χ2n) is 6.85. The first-order chi connectivity index (χ1) is 11.9. The molecule has 8 heteroatoms. The summed E-state index contributed by atoms with van der Waals surface area (Å²) >= 11 is 0. The number of alkyl halides is 3. The number of halogens is 3. The molecule has 1 aromatic carbocycles. The molecule has 2 rings (SSSR count). The van der Waals surface area contributed by atoms with Crippen molar-refractivity contribution in [2.24, 2.45) is 5.73 Å². The number of pyridine rings is 1. The van der Waals surface area contributed by atoms with Gasteiger partial charge in [-0.15, -0.1) is 0 Å². The zero-order chi connectivity index (χ0) is 19.7. The average molecular weight is 368 g/mol. The van der Waals surface area contributed by atoms with E-state index in [0.29, 0.717) is 5.56 Å². The first-order valence-corrected chi connectivity index (χ1v) is 7.89. The number of aryl methyl sites for hydroxylation is 1. The summed E-state index contributed by atoms with van der Waals surface area (Å²) in [6.07, 6.45) is -4.47. The van der Waals surface area contributed by atoms with Crippen LogP contribution in [0.5, 0.6) is 0 Å². The van der Waals surface area contributed by atoms with E-state index in [1.807, 2.05) is 0 Å². The molecule has 0 bridgehead atoms. The Morgan fingerprint density at radius 3 is 2.35 bits per heavy atom. The van der Waals surface area contributed by atoms with Crippen LogP contribution in [0.4, 0.5) is 13.2 Å². The van der Waals surface area contributed by atoms with Crippen LogP contribution in [0.25, 0.3) is 10.9 Å². The average Bonchev–Trinajstić information content (AvgIpc) is 2.49. The van der Waals surface area contributed by atoms with E-state index in [1.165, 1.54) is 12.1 Å². The lowest BCUT2D eigenvalue weighted by Crippen LogP contribution is -2.24. The molecule has 5 nitrogen and oxygen atoms in total. The third-order valence-electron chi connectivity index (χ3n) is 3.49. The van der Waals surface area contributed by atoms with Gasteiger partial charge >= 0.3 is 12.1 Å². The maximum Gasteiger partial charge on any atom is 0.416 e. The summed E-state index contributed by atoms with van der Waals surface area (Å²) in [5, 5.41) is 0.216. The van der Waals surface area contributed by atoms with Crippen LogP contribution in [-0.4, -0.2) is 22.5 Å². The predicted molar refractivity (Wildman–Crippen MR) is 89.4 cm³/mol. The molecular formula is C18H19F3N2O3. The van der Waals surface area contributed by atoms with E-state index in [9.17, 15) is 22.8 Å². The Bertz CT molecular complexity index is 855. The van der Waals surface area contributed by atoms with E-state index in [-0.39, 0.29) is 29.4 Å². The number of hydrogen-bond acceptors (Lipinski definition) is 4. The molecule has 0 saturated carbocycles. The summed E-state index contributed by atoms with van der Waals surface area (Å²) in [7, 11) is 0. The van der Waals surface area contributed by atoms with Gasteiger partial charge in [0.15, 0.2) is 0 Å². The number of benzene rings is 1. The highest BCUT2D eigenvalue weighted by Crippen LogP contribution is 2.32. The summed E-state index contributed by atoms with van der Waals surface area (Å²) in [6.45, 7) is 5.15. The third-order valence-corrected chi connectivity index (χ3v) is 3.49. The Morgan fingerprint density at radius 1 is 1.15 bits per heavy atom. The SMILES string of the molecule is CC(C)(C)OC(=O)CCc1cc(C(N)=O)nc2ccc(C(F)(F)F)cc12. The van der Waals surface area contributed by atoms with Gasteiger partial charge in [-0.05, 0) is 57.0 Å². The van der Waals surface area contributed by atoms with Gasteiger partial charge in [0.2, 0.25) is 0 Å². The van der Waals surface area contributed by atoms with Crippen molar-refractivity contribution in [3.05, 3.63) is 41.1 Å². The Hall–Kier alpha value is -2.64. The fraction of sp³-hybridized carbons (Fsp3) is 0.389. The van der Waals surface area contributed by atoms with E-state index in [1.54, 1.807) is 20.8 Å². The van der Waals surface area contributed by atoms with Crippen molar-refractivity contribution in [2.75, 3.05) is 0 Å². The van der Waals surface area contributed by atoms with Crippen LogP contribution in [0, 0.1) is 0 Å². The van der Waals surface area contributed by atoms with Crippen LogP contribution in [0.2, 0.25) is 0 Å². The fourth-order valence-electron chi connectivity index (χ4n) is 2.43. The monoisotopic (exact) mass is 368 g/mol. The quantitative estimate of drug-likeness (QED) is 0.836. The first kappa shape index (κ1) is 19.7. The lowest BCUT2D eigenvalue weighted by atomic mass is 10.0. The van der Waals surface area contributed by atoms with Crippen LogP contribution in [0.3, 0.4) is 0 Å². The number of nitrogens with zero attached hydrogens (tertiary/aromatic N) is 1. The molecule has 2 N–H and O–H groups in total. The predicted octanol–water partition coefficient (Wildman–Crippen LogP) is 3.63. The summed E-state index contributed by atoms with van der Waals surface area (Å²) in [5.41, 5.74) is 4.24. The summed E-state index contributed by atoms with van der Waals surface area (Å²) < 4.78 is 44.2. The van der Waals surface area contributed by atoms with Gasteiger partial charge in [0.05, 0.1) is 11.1 Å². The summed E-state index contributed by atoms with van der Waals surface area (Å²) in [4.78, 5) is 27.3. The van der Waals surface area contributed by atoms with Crippen molar-refractivity contribution >= 4 is 22.8 Å². The number of ether oxygens (including phenoxy) is 1. The van der Waals surface area contributed by atoms with Crippen molar-refractivity contribution in [2.45, 2.75) is 45.4 Å². The third kappa shape index (κ3) is 4.93. The Balaban J connectivity index is 2.43. The maximum atomic E-state index is 13.0. The van der Waals surface area contributed by atoms with Gasteiger partial charge in [-0.25, -0.2) is 4.98 Å². The molecule has 0 saturated heterocycles. The minimum Gasteiger partial charge on any atom is -0.460 e. The largest absolute Gasteiger partial charge is 0.460 e. The Morgan fingerprint density at radius 2 is 1.81 bits per heavy atom. The zero-order valence-corrected chi connectivity index (χ0v) is 14.6. The van der Waals surface area contributed by atoms with E-state index in [0.717, 1.165) is 12.1 Å². The number of fused-ring (bicyclic) bond motifs is 1. The van der Waals surface area contributed by atoms with Gasteiger partial charge < -0.3 is 10.5 Å². The number of esters is 1. The molecule has 0 aliphatic rings. The second kappa shape index (κ2) is 6.93. The minimum atomic E-state index is -4.51. The highest BCUT2D eigenvalue weighted by atomic mass is 19.4. The molecule has 0 radical (unpaired) electrons. The molecule has 0 atom stereocenters. The normalized spacial score (nSPS) is 12.2. The van der Waals surface area contributed by atoms with Crippen molar-refractivity contribution in [3.63, 3.8) is 0 Å². The zero-order valence-electron chi connectivity index (χ0n) is 14.6. The molecule has 0 aliphatic heterocycles. The van der Waals surface area contributed by atoms with Gasteiger partial charge in [0.1, 0.15) is 11.3 Å². The smallest absolute Gasteiger partial charge is 0.416 e. The van der Waals surface area contributed by atoms with E-state index < -0.39 is 29.2 Å². The molecule has 0 fully saturated rings. The van der Waals surface area contributed by atoms with Crippen LogP contribution in [0.1, 0.15) is 48.8 Å². The molecule has 0 unspecified atom stereocenters. The van der Waals surface area contributed by atoms with Gasteiger partial charge in [-0.1, -0.05) is 0 Å². The maximum absolute atomic E-state index is 13.0. The minimum absolute atomic E-state index is 0.0508. The highest BCUT2D eigenvalue weighted by molar-refractivity contribution is 5.95. The van der Waals surface area contributed by atoms with Crippen LogP contribution in [-0.2, 0) is 22.1 Å². The molecule has 1 amide bonds. The summed E-state index contributed by atoms with van der Waals surface area (Å²) in [6, 6.07) is 4.34. The molecule has 2 aromatic rings. The van der Waals surface area contributed by atoms with Gasteiger partial charge in [0, 0.05) is 11.8 Å². The number of amides is 1. The highest BCUT2D eigenvalue weighted by Gasteiger charge is 2.31. The number of rotatable bonds is 4. The molecule has 26 heavy (non-hydrogen) atoms. The number of nitrogens with two attached hydrogens (primary N) is 1. The number of primary amides is 1. The lowest BCUT2D eigenvalue weighted by Gasteiger charge is -2.19. The molecule has 0 spiro atoms.